The maximum absolute atomic E-state index is 12.1. The summed E-state index contributed by atoms with van der Waals surface area (Å²) in [6.45, 7) is 2.88. The lowest BCUT2D eigenvalue weighted by atomic mass is 10.2. The Bertz CT molecular complexity index is 1020. The average molecular weight is 465 g/mol. The highest BCUT2D eigenvalue weighted by molar-refractivity contribution is 5.91. The van der Waals surface area contributed by atoms with Gasteiger partial charge in [0.1, 0.15) is 28.6 Å². The predicted molar refractivity (Wildman–Crippen MR) is 127 cm³/mol. The molecule has 0 spiro atoms. The van der Waals surface area contributed by atoms with E-state index in [0.717, 1.165) is 12.2 Å². The van der Waals surface area contributed by atoms with Crippen LogP contribution in [-0.2, 0) is 0 Å². The van der Waals surface area contributed by atoms with Crippen molar-refractivity contribution in [1.29, 1.82) is 0 Å². The second kappa shape index (κ2) is 14.9. The van der Waals surface area contributed by atoms with E-state index < -0.39 is 5.97 Å². The molecular weight excluding hydrogens is 436 g/mol. The number of carbonyl (C=O) groups is 3. The molecule has 0 aliphatic carbocycles. The smallest absolute Gasteiger partial charge is 0.343 e. The number of nitrogens with zero attached hydrogens (tertiary/aromatic N) is 2. The van der Waals surface area contributed by atoms with Gasteiger partial charge in [-0.1, -0.05) is 32.6 Å². The number of unbranched alkanes of at least 4 members (excludes halogenated alkanes) is 4. The van der Waals surface area contributed by atoms with Crippen molar-refractivity contribution in [3.05, 3.63) is 77.9 Å². The van der Waals surface area contributed by atoms with Crippen LogP contribution in [0, 0.1) is 0 Å². The zero-order valence-electron chi connectivity index (χ0n) is 19.1. The molecule has 0 atom stereocenters. The van der Waals surface area contributed by atoms with E-state index in [9.17, 15) is 14.4 Å². The molecular formula is C26H28N2O6. The Kier molecular flexibility index (Phi) is 11.5. The lowest BCUT2D eigenvalue weighted by molar-refractivity contribution is 0.0734. The van der Waals surface area contributed by atoms with Crippen molar-refractivity contribution in [2.24, 2.45) is 0 Å². The van der Waals surface area contributed by atoms with Crippen LogP contribution >= 0.6 is 0 Å². The van der Waals surface area contributed by atoms with Gasteiger partial charge in [0.15, 0.2) is 12.6 Å². The van der Waals surface area contributed by atoms with Crippen molar-refractivity contribution in [2.75, 3.05) is 6.61 Å². The monoisotopic (exact) mass is 464 g/mol. The van der Waals surface area contributed by atoms with Crippen LogP contribution in [0.2, 0.25) is 0 Å². The SMILES string of the molecule is CCCCCCCOc1ccc(C(=O)Oc2ccc(C=O)nc2)cc1.O=Cc1ccc(O)cn1. The van der Waals surface area contributed by atoms with Crippen LogP contribution in [0.4, 0.5) is 0 Å². The van der Waals surface area contributed by atoms with Crippen LogP contribution in [0.15, 0.2) is 60.9 Å². The van der Waals surface area contributed by atoms with Gasteiger partial charge in [0.05, 0.1) is 24.6 Å². The second-order valence-electron chi connectivity index (χ2n) is 7.27. The number of aldehydes is 2. The third kappa shape index (κ3) is 9.60. The van der Waals surface area contributed by atoms with Crippen LogP contribution in [0.5, 0.6) is 17.2 Å². The fraction of sp³-hybridized carbons (Fsp3) is 0.269. The second-order valence-corrected chi connectivity index (χ2v) is 7.27. The van der Waals surface area contributed by atoms with Crippen molar-refractivity contribution >= 4 is 18.5 Å². The molecule has 0 unspecified atom stereocenters. The van der Waals surface area contributed by atoms with Crippen molar-refractivity contribution in [3.63, 3.8) is 0 Å². The first-order valence-corrected chi connectivity index (χ1v) is 11.0. The Morgan fingerprint density at radius 2 is 1.44 bits per heavy atom. The number of hydrogen-bond donors (Lipinski definition) is 1. The van der Waals surface area contributed by atoms with E-state index in [0.29, 0.717) is 36.2 Å². The van der Waals surface area contributed by atoms with Gasteiger partial charge in [0, 0.05) is 0 Å². The Morgan fingerprint density at radius 1 is 0.824 bits per heavy atom. The molecule has 2 aromatic heterocycles. The number of hydrogen-bond acceptors (Lipinski definition) is 8. The summed E-state index contributed by atoms with van der Waals surface area (Å²) in [5.74, 6) is 0.624. The zero-order valence-corrected chi connectivity index (χ0v) is 19.1. The molecule has 0 saturated carbocycles. The first-order valence-electron chi connectivity index (χ1n) is 11.0. The van der Waals surface area contributed by atoms with Crippen LogP contribution in [0.25, 0.3) is 0 Å². The minimum atomic E-state index is -0.480. The molecule has 0 radical (unpaired) electrons. The van der Waals surface area contributed by atoms with Crippen molar-refractivity contribution < 1.29 is 29.0 Å². The minimum absolute atomic E-state index is 0.0700. The third-order valence-electron chi connectivity index (χ3n) is 4.59. The molecule has 178 valence electrons. The van der Waals surface area contributed by atoms with E-state index in [-0.39, 0.29) is 11.4 Å². The highest BCUT2D eigenvalue weighted by Crippen LogP contribution is 2.16. The molecule has 0 amide bonds. The number of pyridine rings is 2. The van der Waals surface area contributed by atoms with Gasteiger partial charge < -0.3 is 14.6 Å². The summed E-state index contributed by atoms with van der Waals surface area (Å²) in [6, 6.07) is 12.7. The van der Waals surface area contributed by atoms with Gasteiger partial charge in [-0.2, -0.15) is 0 Å². The number of benzene rings is 1. The molecule has 8 heteroatoms. The molecule has 8 nitrogen and oxygen atoms in total. The maximum Gasteiger partial charge on any atom is 0.343 e. The average Bonchev–Trinajstić information content (AvgIpc) is 2.88. The van der Waals surface area contributed by atoms with E-state index in [1.54, 1.807) is 24.3 Å². The number of esters is 1. The van der Waals surface area contributed by atoms with Gasteiger partial charge >= 0.3 is 5.97 Å². The number of ether oxygens (including phenoxy) is 2. The van der Waals surface area contributed by atoms with Crippen LogP contribution in [0.1, 0.15) is 70.4 Å². The zero-order chi connectivity index (χ0) is 24.6. The molecule has 0 fully saturated rings. The van der Waals surface area contributed by atoms with E-state index in [2.05, 4.69) is 16.9 Å². The first kappa shape index (κ1) is 26.2. The van der Waals surface area contributed by atoms with E-state index >= 15 is 0 Å². The summed E-state index contributed by atoms with van der Waals surface area (Å²) in [4.78, 5) is 40.0. The Labute approximate surface area is 198 Å². The Balaban J connectivity index is 0.000000379. The normalized spacial score (nSPS) is 9.91. The Hall–Kier alpha value is -4.07. The lowest BCUT2D eigenvalue weighted by Gasteiger charge is -2.07. The molecule has 3 aromatic rings. The maximum atomic E-state index is 12.1. The highest BCUT2D eigenvalue weighted by atomic mass is 16.5. The molecule has 2 heterocycles. The van der Waals surface area contributed by atoms with Crippen molar-refractivity contribution in [1.82, 2.24) is 9.97 Å². The standard InChI is InChI=1S/C20H23NO4.C6H5NO2/c1-2-3-4-5-6-13-24-18-10-7-16(8-11-18)20(23)25-19-12-9-17(15-22)21-14-19;8-4-5-1-2-6(9)3-7-5/h7-12,14-15H,2-6,13H2,1H3;1-4,9H. The largest absolute Gasteiger partial charge is 0.506 e. The molecule has 0 aliphatic heterocycles. The van der Waals surface area contributed by atoms with Gasteiger partial charge in [-0.15, -0.1) is 0 Å². The summed E-state index contributed by atoms with van der Waals surface area (Å²) in [5, 5.41) is 8.67. The van der Waals surface area contributed by atoms with Crippen LogP contribution < -0.4 is 9.47 Å². The van der Waals surface area contributed by atoms with Gasteiger partial charge in [0.2, 0.25) is 0 Å². The summed E-state index contributed by atoms with van der Waals surface area (Å²) >= 11 is 0. The number of rotatable bonds is 11. The van der Waals surface area contributed by atoms with Gasteiger partial charge in [0.25, 0.3) is 0 Å². The molecule has 0 saturated heterocycles. The molecule has 0 aliphatic rings. The Morgan fingerprint density at radius 3 is 2.00 bits per heavy atom. The van der Waals surface area contributed by atoms with Crippen molar-refractivity contribution in [3.8, 4) is 17.2 Å². The highest BCUT2D eigenvalue weighted by Gasteiger charge is 2.09. The lowest BCUT2D eigenvalue weighted by Crippen LogP contribution is -2.08. The molecule has 0 bridgehead atoms. The third-order valence-corrected chi connectivity index (χ3v) is 4.59. The number of carbonyl (C=O) groups excluding carboxylic acids is 3. The number of aromatic nitrogens is 2. The van der Waals surface area contributed by atoms with E-state index in [4.69, 9.17) is 14.6 Å². The van der Waals surface area contributed by atoms with Crippen molar-refractivity contribution in [2.45, 2.75) is 39.0 Å². The fourth-order valence-corrected chi connectivity index (χ4v) is 2.74. The summed E-state index contributed by atoms with van der Waals surface area (Å²) < 4.78 is 10.9. The fourth-order valence-electron chi connectivity index (χ4n) is 2.74. The van der Waals surface area contributed by atoms with Gasteiger partial charge in [-0.25, -0.2) is 14.8 Å². The summed E-state index contributed by atoms with van der Waals surface area (Å²) in [5.41, 5.74) is 1.04. The van der Waals surface area contributed by atoms with E-state index in [1.165, 1.54) is 62.3 Å². The topological polar surface area (TPSA) is 116 Å². The van der Waals surface area contributed by atoms with Crippen LogP contribution in [0.3, 0.4) is 0 Å². The molecule has 3 rings (SSSR count). The van der Waals surface area contributed by atoms with Crippen LogP contribution in [-0.4, -0.2) is 40.2 Å². The molecule has 1 aromatic carbocycles. The molecule has 1 N–H and O–H groups in total. The summed E-state index contributed by atoms with van der Waals surface area (Å²) in [6.07, 6.45) is 9.78. The quantitative estimate of drug-likeness (QED) is 0.238. The van der Waals surface area contributed by atoms with Gasteiger partial charge in [-0.05, 0) is 55.0 Å². The number of aromatic hydroxyl groups is 1. The predicted octanol–water partition coefficient (Wildman–Crippen LogP) is 5.06. The van der Waals surface area contributed by atoms with Gasteiger partial charge in [-0.3, -0.25) is 9.59 Å². The van der Waals surface area contributed by atoms with E-state index in [1.807, 2.05) is 0 Å². The first-order chi connectivity index (χ1) is 16.5. The minimum Gasteiger partial charge on any atom is -0.506 e. The summed E-state index contributed by atoms with van der Waals surface area (Å²) in [7, 11) is 0. The molecule has 34 heavy (non-hydrogen) atoms.